The Bertz CT molecular complexity index is 867. The third-order valence-corrected chi connectivity index (χ3v) is 6.62. The molecule has 3 rings (SSSR count). The highest BCUT2D eigenvalue weighted by molar-refractivity contribution is 14.0. The summed E-state index contributed by atoms with van der Waals surface area (Å²) in [6.45, 7) is 3.76. The molecule has 2 N–H and O–H groups in total. The van der Waals surface area contributed by atoms with E-state index in [-0.39, 0.29) is 35.1 Å². The lowest BCUT2D eigenvalue weighted by molar-refractivity contribution is 0.594. The number of benzene rings is 2. The summed E-state index contributed by atoms with van der Waals surface area (Å²) in [5.74, 6) is 0.702. The molecule has 0 amide bonds. The van der Waals surface area contributed by atoms with Crippen LogP contribution in [-0.2, 0) is 15.3 Å². The van der Waals surface area contributed by atoms with E-state index in [2.05, 4.69) is 34.9 Å². The fourth-order valence-corrected chi connectivity index (χ4v) is 4.28. The van der Waals surface area contributed by atoms with E-state index >= 15 is 0 Å². The van der Waals surface area contributed by atoms with Crippen LogP contribution in [-0.4, -0.2) is 39.8 Å². The van der Waals surface area contributed by atoms with Gasteiger partial charge in [0, 0.05) is 18.5 Å². The molecule has 2 aromatic rings. The van der Waals surface area contributed by atoms with Gasteiger partial charge in [-0.05, 0) is 37.5 Å². The van der Waals surface area contributed by atoms with Crippen LogP contribution < -0.4 is 10.6 Å². The van der Waals surface area contributed by atoms with Crippen molar-refractivity contribution < 1.29 is 8.42 Å². The van der Waals surface area contributed by atoms with Crippen molar-refractivity contribution in [3.8, 4) is 0 Å². The molecule has 0 atom stereocenters. The molecule has 1 fully saturated rings. The topological polar surface area (TPSA) is 70.6 Å². The minimum Gasteiger partial charge on any atom is -0.357 e. The van der Waals surface area contributed by atoms with E-state index in [0.29, 0.717) is 23.9 Å². The normalized spacial score (nSPS) is 15.4. The van der Waals surface area contributed by atoms with Gasteiger partial charge in [-0.15, -0.1) is 24.0 Å². The summed E-state index contributed by atoms with van der Waals surface area (Å²) >= 11 is 0. The second-order valence-electron chi connectivity index (χ2n) is 6.90. The van der Waals surface area contributed by atoms with E-state index in [1.807, 2.05) is 19.1 Å². The van der Waals surface area contributed by atoms with Crippen LogP contribution in [0.2, 0.25) is 0 Å². The Kier molecular flexibility index (Phi) is 8.30. The van der Waals surface area contributed by atoms with E-state index < -0.39 is 9.84 Å². The van der Waals surface area contributed by atoms with Gasteiger partial charge in [0.25, 0.3) is 0 Å². The first-order valence-electron chi connectivity index (χ1n) is 9.41. The zero-order valence-corrected chi connectivity index (χ0v) is 19.2. The zero-order valence-electron chi connectivity index (χ0n) is 16.1. The maximum atomic E-state index is 12.4. The first-order valence-corrected chi connectivity index (χ1v) is 11.1. The van der Waals surface area contributed by atoms with Gasteiger partial charge in [-0.3, -0.25) is 4.99 Å². The highest BCUT2D eigenvalue weighted by Crippen LogP contribution is 2.48. The number of hydrogen-bond donors (Lipinski definition) is 2. The maximum absolute atomic E-state index is 12.4. The summed E-state index contributed by atoms with van der Waals surface area (Å²) < 4.78 is 24.8. The van der Waals surface area contributed by atoms with Crippen LogP contribution >= 0.6 is 24.0 Å². The molecule has 0 radical (unpaired) electrons. The van der Waals surface area contributed by atoms with E-state index in [4.69, 9.17) is 4.99 Å². The first-order chi connectivity index (χ1) is 13.1. The van der Waals surface area contributed by atoms with E-state index in [1.165, 1.54) is 5.56 Å². The van der Waals surface area contributed by atoms with Crippen LogP contribution in [0.25, 0.3) is 0 Å². The predicted octanol–water partition coefficient (Wildman–Crippen LogP) is 3.37. The van der Waals surface area contributed by atoms with Gasteiger partial charge >= 0.3 is 0 Å². The smallest absolute Gasteiger partial charge is 0.191 e. The quantitative estimate of drug-likeness (QED) is 0.323. The zero-order chi connectivity index (χ0) is 19.2. The third-order valence-electron chi connectivity index (χ3n) is 4.89. The van der Waals surface area contributed by atoms with Crippen molar-refractivity contribution in [3.63, 3.8) is 0 Å². The van der Waals surface area contributed by atoms with Gasteiger partial charge < -0.3 is 10.6 Å². The Morgan fingerprint density at radius 3 is 2.18 bits per heavy atom. The summed E-state index contributed by atoms with van der Waals surface area (Å²) in [5.41, 5.74) is 1.47. The van der Waals surface area contributed by atoms with Crippen LogP contribution in [0.5, 0.6) is 0 Å². The molecule has 1 saturated carbocycles. The second kappa shape index (κ2) is 10.2. The van der Waals surface area contributed by atoms with Gasteiger partial charge in [0.05, 0.1) is 17.2 Å². The predicted molar refractivity (Wildman–Crippen MR) is 125 cm³/mol. The number of guanidine groups is 1. The van der Waals surface area contributed by atoms with Gasteiger partial charge in [-0.2, -0.15) is 0 Å². The highest BCUT2D eigenvalue weighted by atomic mass is 127. The summed E-state index contributed by atoms with van der Waals surface area (Å²) in [6, 6.07) is 19.0. The average molecular weight is 513 g/mol. The summed E-state index contributed by atoms with van der Waals surface area (Å²) in [7, 11) is -3.29. The number of nitrogens with one attached hydrogen (secondary N) is 2. The van der Waals surface area contributed by atoms with Gasteiger partial charge in [-0.25, -0.2) is 8.42 Å². The molecule has 0 saturated heterocycles. The lowest BCUT2D eigenvalue weighted by atomic mass is 9.96. The Morgan fingerprint density at radius 2 is 1.61 bits per heavy atom. The van der Waals surface area contributed by atoms with Crippen molar-refractivity contribution in [2.24, 2.45) is 4.99 Å². The Hall–Kier alpha value is -1.61. The summed E-state index contributed by atoms with van der Waals surface area (Å²) in [4.78, 5) is 5.07. The molecule has 2 aromatic carbocycles. The fraction of sp³-hybridized carbons (Fsp3) is 0.381. The van der Waals surface area contributed by atoms with E-state index in [9.17, 15) is 8.42 Å². The van der Waals surface area contributed by atoms with Crippen LogP contribution in [0.15, 0.2) is 70.6 Å². The van der Waals surface area contributed by atoms with Gasteiger partial charge in [0.2, 0.25) is 0 Å². The monoisotopic (exact) mass is 513 g/mol. The van der Waals surface area contributed by atoms with Crippen molar-refractivity contribution in [3.05, 3.63) is 66.2 Å². The molecule has 5 nitrogen and oxygen atoms in total. The second-order valence-corrected chi connectivity index (χ2v) is 9.01. The number of hydrogen-bond acceptors (Lipinski definition) is 3. The summed E-state index contributed by atoms with van der Waals surface area (Å²) in [6.07, 6.45) is 2.28. The molecule has 0 bridgehead atoms. The molecule has 7 heteroatoms. The SMILES string of the molecule is CCNC(=NCC1(c2ccccc2)CC1)NCCS(=O)(=O)c1ccccc1.I. The first kappa shape index (κ1) is 22.7. The Labute approximate surface area is 185 Å². The molecular weight excluding hydrogens is 485 g/mol. The largest absolute Gasteiger partial charge is 0.357 e. The molecule has 0 unspecified atom stereocenters. The van der Waals surface area contributed by atoms with Gasteiger partial charge in [0.1, 0.15) is 0 Å². The minimum absolute atomic E-state index is 0. The lowest BCUT2D eigenvalue weighted by Crippen LogP contribution is -2.40. The molecule has 28 heavy (non-hydrogen) atoms. The van der Waals surface area contributed by atoms with Crippen molar-refractivity contribution in [1.29, 1.82) is 0 Å². The van der Waals surface area contributed by atoms with Crippen molar-refractivity contribution in [2.75, 3.05) is 25.4 Å². The molecule has 1 aliphatic rings. The van der Waals surface area contributed by atoms with Crippen LogP contribution in [0.1, 0.15) is 25.3 Å². The maximum Gasteiger partial charge on any atom is 0.191 e. The van der Waals surface area contributed by atoms with E-state index in [0.717, 1.165) is 19.4 Å². The number of rotatable bonds is 8. The molecular formula is C21H28IN3O2S. The standard InChI is InChI=1S/C21H27N3O2S.HI/c1-2-22-20(23-15-16-27(25,26)19-11-7-4-8-12-19)24-17-21(13-14-21)18-9-5-3-6-10-18;/h3-12H,2,13-17H2,1H3,(H2,22,23,24);1H. The van der Waals surface area contributed by atoms with Crippen molar-refractivity contribution in [2.45, 2.75) is 30.1 Å². The van der Waals surface area contributed by atoms with Crippen LogP contribution in [0.3, 0.4) is 0 Å². The molecule has 0 spiro atoms. The molecule has 0 aliphatic heterocycles. The molecule has 0 heterocycles. The molecule has 152 valence electrons. The number of sulfone groups is 1. The number of halogens is 1. The van der Waals surface area contributed by atoms with Crippen LogP contribution in [0, 0.1) is 0 Å². The fourth-order valence-electron chi connectivity index (χ4n) is 3.10. The number of aliphatic imine (C=N–C) groups is 1. The lowest BCUT2D eigenvalue weighted by Gasteiger charge is -2.16. The van der Waals surface area contributed by atoms with Crippen molar-refractivity contribution in [1.82, 2.24) is 10.6 Å². The highest BCUT2D eigenvalue weighted by Gasteiger charge is 2.43. The Balaban J connectivity index is 0.00000280. The van der Waals surface area contributed by atoms with Gasteiger partial charge in [0.15, 0.2) is 15.8 Å². The van der Waals surface area contributed by atoms with E-state index in [1.54, 1.807) is 24.3 Å². The van der Waals surface area contributed by atoms with Crippen molar-refractivity contribution >= 4 is 39.8 Å². The van der Waals surface area contributed by atoms with Gasteiger partial charge in [-0.1, -0.05) is 48.5 Å². The molecule has 1 aliphatic carbocycles. The molecule has 0 aromatic heterocycles. The van der Waals surface area contributed by atoms with Crippen LogP contribution in [0.4, 0.5) is 0 Å². The third kappa shape index (κ3) is 5.94. The minimum atomic E-state index is -3.29. The Morgan fingerprint density at radius 1 is 1.00 bits per heavy atom. The average Bonchev–Trinajstić information content (AvgIpc) is 3.49. The summed E-state index contributed by atoms with van der Waals surface area (Å²) in [5, 5.41) is 6.36. The number of nitrogens with zero attached hydrogens (tertiary/aromatic N) is 1.